The van der Waals surface area contributed by atoms with E-state index in [1.807, 2.05) is 32.0 Å². The number of aliphatic hydroxyl groups excluding tert-OH is 1. The van der Waals surface area contributed by atoms with Crippen molar-refractivity contribution in [3.05, 3.63) is 112 Å². The van der Waals surface area contributed by atoms with E-state index in [0.717, 1.165) is 30.9 Å². The van der Waals surface area contributed by atoms with Crippen LogP contribution in [0.25, 0.3) is 11.5 Å². The van der Waals surface area contributed by atoms with Crippen LogP contribution in [0.2, 0.25) is 0 Å². The van der Waals surface area contributed by atoms with Crippen molar-refractivity contribution < 1.29 is 27.9 Å². The first-order valence-electron chi connectivity index (χ1n) is 16.2. The average Bonchev–Trinajstić information content (AvgIpc) is 3.49. The number of aryl methyl sites for hydroxylation is 2. The van der Waals surface area contributed by atoms with Crippen LogP contribution in [0, 0.1) is 18.6 Å². The van der Waals surface area contributed by atoms with Gasteiger partial charge in [0, 0.05) is 48.9 Å². The molecule has 2 amide bonds. The first-order valence-corrected chi connectivity index (χ1v) is 16.2. The van der Waals surface area contributed by atoms with E-state index in [2.05, 4.69) is 28.6 Å². The topological polar surface area (TPSA) is 108 Å². The third kappa shape index (κ3) is 10.0. The highest BCUT2D eigenvalue weighted by Crippen LogP contribution is 2.24. The fourth-order valence-electron chi connectivity index (χ4n) is 5.51. The van der Waals surface area contributed by atoms with Crippen molar-refractivity contribution in [3.8, 4) is 11.5 Å². The summed E-state index contributed by atoms with van der Waals surface area (Å²) in [7, 11) is 0. The van der Waals surface area contributed by atoms with Gasteiger partial charge in [-0.15, -0.1) is 0 Å². The van der Waals surface area contributed by atoms with E-state index in [1.54, 1.807) is 24.0 Å². The molecule has 1 heterocycles. The van der Waals surface area contributed by atoms with E-state index in [1.165, 1.54) is 30.0 Å². The molecule has 3 N–H and O–H groups in total. The highest BCUT2D eigenvalue weighted by Gasteiger charge is 2.25. The van der Waals surface area contributed by atoms with Crippen LogP contribution in [-0.2, 0) is 19.4 Å². The number of benzene rings is 3. The van der Waals surface area contributed by atoms with Crippen LogP contribution in [-0.4, -0.2) is 58.6 Å². The summed E-state index contributed by atoms with van der Waals surface area (Å²) in [6.45, 7) is 9.54. The summed E-state index contributed by atoms with van der Waals surface area (Å²) in [6.07, 6.45) is 2.77. The number of carbonyl (C=O) groups is 2. The Hall–Kier alpha value is -4.41. The van der Waals surface area contributed by atoms with Crippen molar-refractivity contribution in [2.24, 2.45) is 0 Å². The molecule has 0 fully saturated rings. The van der Waals surface area contributed by atoms with Crippen LogP contribution in [0.1, 0.15) is 76.7 Å². The standard InChI is InChI=1S/C37H44F2N4O4/c1-5-11-43(12-6-2)37(46)30-18-28(17-29(19-30)36-41-24(4)23-47-36)35(45)42-33(16-27-14-31(38)20-32(39)15-27)34(44)22-40-21-26-10-8-9-25(7-3)13-26/h8-10,13-15,17-20,23,33-34,40,44H,5-7,11-12,16,21-22H2,1-4H3,(H,42,45)/t33-,34+/m0/s1. The van der Waals surface area contributed by atoms with Crippen molar-refractivity contribution in [1.82, 2.24) is 20.5 Å². The zero-order valence-corrected chi connectivity index (χ0v) is 27.5. The SMILES string of the molecule is CCCN(CCC)C(=O)c1cc(C(=O)N[C@@H](Cc2cc(F)cc(F)c2)[C@H](O)CNCc2cccc(CC)c2)cc(-c2nc(C)co2)c1. The lowest BCUT2D eigenvalue weighted by atomic mass is 9.99. The molecule has 4 aromatic rings. The van der Waals surface area contributed by atoms with Crippen LogP contribution in [0.15, 0.2) is 71.3 Å². The molecule has 8 nitrogen and oxygen atoms in total. The molecule has 4 rings (SSSR count). The van der Waals surface area contributed by atoms with E-state index < -0.39 is 29.7 Å². The van der Waals surface area contributed by atoms with Crippen molar-refractivity contribution >= 4 is 11.8 Å². The number of aromatic nitrogens is 1. The van der Waals surface area contributed by atoms with Gasteiger partial charge in [-0.3, -0.25) is 9.59 Å². The molecule has 0 spiro atoms. The number of amides is 2. The van der Waals surface area contributed by atoms with Gasteiger partial charge in [0.05, 0.1) is 17.8 Å². The zero-order chi connectivity index (χ0) is 33.9. The second kappa shape index (κ2) is 16.9. The number of nitrogens with one attached hydrogen (secondary N) is 2. The zero-order valence-electron chi connectivity index (χ0n) is 27.5. The number of oxazole rings is 1. The number of hydrogen-bond acceptors (Lipinski definition) is 6. The Morgan fingerprint density at radius 2 is 1.60 bits per heavy atom. The van der Waals surface area contributed by atoms with Crippen molar-refractivity contribution in [1.29, 1.82) is 0 Å². The summed E-state index contributed by atoms with van der Waals surface area (Å²) < 4.78 is 33.8. The molecule has 10 heteroatoms. The van der Waals surface area contributed by atoms with E-state index in [4.69, 9.17) is 4.42 Å². The number of nitrogens with zero attached hydrogens (tertiary/aromatic N) is 2. The quantitative estimate of drug-likeness (QED) is 0.133. The molecule has 0 unspecified atom stereocenters. The number of carbonyl (C=O) groups excluding carboxylic acids is 2. The molecule has 0 radical (unpaired) electrons. The van der Waals surface area contributed by atoms with Gasteiger partial charge in [-0.1, -0.05) is 45.0 Å². The van der Waals surface area contributed by atoms with Gasteiger partial charge in [0.2, 0.25) is 5.89 Å². The lowest BCUT2D eigenvalue weighted by molar-refractivity contribution is 0.0755. The number of hydrogen-bond donors (Lipinski definition) is 3. The lowest BCUT2D eigenvalue weighted by Gasteiger charge is -2.25. The molecule has 0 aliphatic heterocycles. The molecule has 2 atom stereocenters. The predicted molar refractivity (Wildman–Crippen MR) is 178 cm³/mol. The third-order valence-electron chi connectivity index (χ3n) is 7.82. The Morgan fingerprint density at radius 1 is 0.915 bits per heavy atom. The van der Waals surface area contributed by atoms with E-state index >= 15 is 0 Å². The molecular weight excluding hydrogens is 602 g/mol. The van der Waals surface area contributed by atoms with Gasteiger partial charge in [-0.2, -0.15) is 0 Å². The molecule has 3 aromatic carbocycles. The summed E-state index contributed by atoms with van der Waals surface area (Å²) in [5, 5.41) is 17.4. The predicted octanol–water partition coefficient (Wildman–Crippen LogP) is 6.24. The Bertz CT molecular complexity index is 1630. The number of aliphatic hydroxyl groups is 1. The van der Waals surface area contributed by atoms with Crippen LogP contribution in [0.3, 0.4) is 0 Å². The molecule has 0 saturated heterocycles. The van der Waals surface area contributed by atoms with Crippen molar-refractivity contribution in [3.63, 3.8) is 0 Å². The Morgan fingerprint density at radius 3 is 2.23 bits per heavy atom. The second-order valence-corrected chi connectivity index (χ2v) is 11.8. The first-order chi connectivity index (χ1) is 22.6. The number of rotatable bonds is 16. The molecular formula is C37H44F2N4O4. The largest absolute Gasteiger partial charge is 0.444 e. The van der Waals surface area contributed by atoms with E-state index in [9.17, 15) is 23.5 Å². The van der Waals surface area contributed by atoms with Crippen molar-refractivity contribution in [2.45, 2.75) is 72.1 Å². The van der Waals surface area contributed by atoms with Crippen LogP contribution >= 0.6 is 0 Å². The maximum absolute atomic E-state index is 14.1. The summed E-state index contributed by atoms with van der Waals surface area (Å²) >= 11 is 0. The molecule has 0 bridgehead atoms. The molecule has 47 heavy (non-hydrogen) atoms. The minimum atomic E-state index is -1.12. The molecule has 0 aliphatic carbocycles. The van der Waals surface area contributed by atoms with Gasteiger partial charge >= 0.3 is 0 Å². The van der Waals surface area contributed by atoms with Crippen molar-refractivity contribution in [2.75, 3.05) is 19.6 Å². The lowest BCUT2D eigenvalue weighted by Crippen LogP contribution is -2.48. The average molecular weight is 647 g/mol. The maximum Gasteiger partial charge on any atom is 0.253 e. The van der Waals surface area contributed by atoms with Crippen LogP contribution in [0.5, 0.6) is 0 Å². The summed E-state index contributed by atoms with van der Waals surface area (Å²) in [5.74, 6) is -2.05. The fourth-order valence-corrected chi connectivity index (χ4v) is 5.51. The second-order valence-electron chi connectivity index (χ2n) is 11.8. The minimum absolute atomic E-state index is 0.0419. The van der Waals surface area contributed by atoms with Gasteiger partial charge in [-0.25, -0.2) is 13.8 Å². The van der Waals surface area contributed by atoms with Gasteiger partial charge in [0.15, 0.2) is 0 Å². The van der Waals surface area contributed by atoms with Gasteiger partial charge < -0.3 is 25.1 Å². The van der Waals surface area contributed by atoms with E-state index in [-0.39, 0.29) is 35.9 Å². The smallest absolute Gasteiger partial charge is 0.253 e. The summed E-state index contributed by atoms with van der Waals surface area (Å²) in [5.41, 5.74) is 4.04. The highest BCUT2D eigenvalue weighted by atomic mass is 19.1. The van der Waals surface area contributed by atoms with Gasteiger partial charge in [0.25, 0.3) is 11.8 Å². The summed E-state index contributed by atoms with van der Waals surface area (Å²) in [4.78, 5) is 33.6. The molecule has 250 valence electrons. The van der Waals surface area contributed by atoms with Crippen LogP contribution < -0.4 is 10.6 Å². The molecule has 0 saturated carbocycles. The van der Waals surface area contributed by atoms with Gasteiger partial charge in [-0.05, 0) is 79.6 Å². The molecule has 1 aromatic heterocycles. The van der Waals surface area contributed by atoms with Gasteiger partial charge in [0.1, 0.15) is 17.9 Å². The minimum Gasteiger partial charge on any atom is -0.444 e. The Kier molecular flexibility index (Phi) is 12.8. The Labute approximate surface area is 275 Å². The monoisotopic (exact) mass is 646 g/mol. The Balaban J connectivity index is 1.62. The molecule has 0 aliphatic rings. The van der Waals surface area contributed by atoms with Crippen LogP contribution in [0.4, 0.5) is 8.78 Å². The third-order valence-corrected chi connectivity index (χ3v) is 7.82. The normalized spacial score (nSPS) is 12.5. The fraction of sp³-hybridized carbons (Fsp3) is 0.378. The first kappa shape index (κ1) is 35.4. The van der Waals surface area contributed by atoms with E-state index in [0.29, 0.717) is 36.5 Å². The summed E-state index contributed by atoms with van der Waals surface area (Å²) in [6, 6.07) is 15.0. The maximum atomic E-state index is 14.1. The highest BCUT2D eigenvalue weighted by molar-refractivity contribution is 6.01. The number of halogens is 2.